The first-order chi connectivity index (χ1) is 11.5. The number of hydrogen-bond acceptors (Lipinski definition) is 5. The van der Waals surface area contributed by atoms with Crippen LogP contribution in [0.3, 0.4) is 0 Å². The van der Waals surface area contributed by atoms with Gasteiger partial charge in [0.05, 0.1) is 0 Å². The van der Waals surface area contributed by atoms with E-state index in [0.717, 1.165) is 49.9 Å². The van der Waals surface area contributed by atoms with E-state index in [0.29, 0.717) is 6.42 Å². The summed E-state index contributed by atoms with van der Waals surface area (Å²) < 4.78 is 1.76. The molecule has 0 radical (unpaired) electrons. The zero-order valence-corrected chi connectivity index (χ0v) is 14.1. The monoisotopic (exact) mass is 326 g/mol. The van der Waals surface area contributed by atoms with Gasteiger partial charge in [0.2, 0.25) is 5.91 Å². The molecule has 0 atom stereocenters. The molecule has 0 saturated carbocycles. The number of aromatic nitrogens is 4. The SMILES string of the molecule is Cc1nc(N2CCC3(CC2)CC(=O)N(C)C3)cc(-n2cccn2)n1. The number of carbonyl (C=O) groups excluding carboxylic acids is 1. The highest BCUT2D eigenvalue weighted by atomic mass is 16.2. The third kappa shape index (κ3) is 2.64. The van der Waals surface area contributed by atoms with Crippen LogP contribution in [0.15, 0.2) is 24.5 Å². The van der Waals surface area contributed by atoms with Gasteiger partial charge in [-0.3, -0.25) is 4.79 Å². The molecule has 2 aliphatic heterocycles. The molecule has 1 amide bonds. The van der Waals surface area contributed by atoms with Crippen LogP contribution in [0.1, 0.15) is 25.1 Å². The molecule has 2 aliphatic rings. The van der Waals surface area contributed by atoms with E-state index in [-0.39, 0.29) is 11.3 Å². The molecule has 2 aromatic heterocycles. The lowest BCUT2D eigenvalue weighted by atomic mass is 9.77. The molecule has 7 nitrogen and oxygen atoms in total. The van der Waals surface area contributed by atoms with Crippen molar-refractivity contribution in [2.24, 2.45) is 5.41 Å². The molecule has 126 valence electrons. The second-order valence-electron chi connectivity index (χ2n) is 7.00. The Morgan fingerprint density at radius 3 is 2.54 bits per heavy atom. The molecule has 2 aromatic rings. The number of aryl methyl sites for hydroxylation is 1. The largest absolute Gasteiger partial charge is 0.356 e. The van der Waals surface area contributed by atoms with Gasteiger partial charge in [-0.2, -0.15) is 5.10 Å². The summed E-state index contributed by atoms with van der Waals surface area (Å²) in [5, 5.41) is 4.25. The highest BCUT2D eigenvalue weighted by Gasteiger charge is 2.43. The van der Waals surface area contributed by atoms with Gasteiger partial charge in [0, 0.05) is 57.0 Å². The summed E-state index contributed by atoms with van der Waals surface area (Å²) in [5.41, 5.74) is 0.162. The van der Waals surface area contributed by atoms with Crippen molar-refractivity contribution >= 4 is 11.7 Å². The van der Waals surface area contributed by atoms with Gasteiger partial charge in [0.15, 0.2) is 5.82 Å². The van der Waals surface area contributed by atoms with Crippen molar-refractivity contribution in [3.05, 3.63) is 30.4 Å². The summed E-state index contributed by atoms with van der Waals surface area (Å²) in [5.74, 6) is 2.76. The molecule has 1 spiro atoms. The maximum absolute atomic E-state index is 11.9. The van der Waals surface area contributed by atoms with Gasteiger partial charge in [0.1, 0.15) is 11.6 Å². The predicted octanol–water partition coefficient (Wildman–Crippen LogP) is 1.42. The maximum atomic E-state index is 11.9. The molecule has 0 unspecified atom stereocenters. The van der Waals surface area contributed by atoms with E-state index in [1.807, 2.05) is 37.2 Å². The first-order valence-electron chi connectivity index (χ1n) is 8.39. The van der Waals surface area contributed by atoms with Crippen molar-refractivity contribution in [1.82, 2.24) is 24.6 Å². The third-order valence-corrected chi connectivity index (χ3v) is 5.22. The van der Waals surface area contributed by atoms with Gasteiger partial charge in [-0.15, -0.1) is 0 Å². The van der Waals surface area contributed by atoms with E-state index in [4.69, 9.17) is 0 Å². The molecule has 24 heavy (non-hydrogen) atoms. The van der Waals surface area contributed by atoms with Crippen LogP contribution in [0.5, 0.6) is 0 Å². The highest BCUT2D eigenvalue weighted by Crippen LogP contribution is 2.41. The fraction of sp³-hybridized carbons (Fsp3) is 0.529. The first-order valence-corrected chi connectivity index (χ1v) is 8.39. The Hall–Kier alpha value is -2.44. The summed E-state index contributed by atoms with van der Waals surface area (Å²) >= 11 is 0. The standard InChI is InChI=1S/C17H22N6O/c1-13-19-14(10-15(20-13)23-7-3-6-18-23)22-8-4-17(5-9-22)11-16(24)21(2)12-17/h3,6-7,10H,4-5,8-9,11-12H2,1-2H3. The first kappa shape index (κ1) is 15.1. The number of hydrogen-bond donors (Lipinski definition) is 0. The molecular formula is C17H22N6O. The van der Waals surface area contributed by atoms with E-state index in [2.05, 4.69) is 20.0 Å². The minimum atomic E-state index is 0.162. The lowest BCUT2D eigenvalue weighted by Gasteiger charge is -2.39. The normalized spacial score (nSPS) is 20.2. The number of piperidine rings is 1. The van der Waals surface area contributed by atoms with Crippen LogP contribution in [0, 0.1) is 12.3 Å². The van der Waals surface area contributed by atoms with Crippen LogP contribution in [-0.2, 0) is 4.79 Å². The quantitative estimate of drug-likeness (QED) is 0.835. The van der Waals surface area contributed by atoms with Crippen LogP contribution < -0.4 is 4.90 Å². The van der Waals surface area contributed by atoms with Gasteiger partial charge in [0.25, 0.3) is 0 Å². The molecule has 4 heterocycles. The fourth-order valence-electron chi connectivity index (χ4n) is 3.87. The molecule has 2 saturated heterocycles. The highest BCUT2D eigenvalue weighted by molar-refractivity contribution is 5.79. The van der Waals surface area contributed by atoms with Crippen LogP contribution in [0.25, 0.3) is 5.82 Å². The van der Waals surface area contributed by atoms with Crippen LogP contribution in [0.2, 0.25) is 0 Å². The maximum Gasteiger partial charge on any atom is 0.222 e. The van der Waals surface area contributed by atoms with Gasteiger partial charge < -0.3 is 9.80 Å². The van der Waals surface area contributed by atoms with Gasteiger partial charge >= 0.3 is 0 Å². The average Bonchev–Trinajstić information content (AvgIpc) is 3.17. The summed E-state index contributed by atoms with van der Waals surface area (Å²) in [4.78, 5) is 25.2. The van der Waals surface area contributed by atoms with E-state index < -0.39 is 0 Å². The predicted molar refractivity (Wildman–Crippen MR) is 90.0 cm³/mol. The van der Waals surface area contributed by atoms with E-state index >= 15 is 0 Å². The van der Waals surface area contributed by atoms with E-state index in [9.17, 15) is 4.79 Å². The van der Waals surface area contributed by atoms with Crippen molar-refractivity contribution in [2.45, 2.75) is 26.2 Å². The van der Waals surface area contributed by atoms with Gasteiger partial charge in [-0.1, -0.05) is 0 Å². The number of anilines is 1. The summed E-state index contributed by atoms with van der Waals surface area (Å²) in [6.07, 6.45) is 6.39. The Balaban J connectivity index is 1.53. The molecule has 7 heteroatoms. The Morgan fingerprint density at radius 1 is 1.17 bits per heavy atom. The summed E-state index contributed by atoms with van der Waals surface area (Å²) in [6.45, 7) is 4.65. The van der Waals surface area contributed by atoms with Crippen molar-refractivity contribution in [3.8, 4) is 5.82 Å². The second kappa shape index (κ2) is 5.58. The van der Waals surface area contributed by atoms with Crippen LogP contribution >= 0.6 is 0 Å². The molecular weight excluding hydrogens is 304 g/mol. The zero-order chi connectivity index (χ0) is 16.7. The van der Waals surface area contributed by atoms with Crippen molar-refractivity contribution in [2.75, 3.05) is 31.6 Å². The Morgan fingerprint density at radius 2 is 1.92 bits per heavy atom. The minimum Gasteiger partial charge on any atom is -0.356 e. The van der Waals surface area contributed by atoms with E-state index in [1.54, 1.807) is 10.9 Å². The van der Waals surface area contributed by atoms with Crippen LogP contribution in [-0.4, -0.2) is 57.2 Å². The van der Waals surface area contributed by atoms with Crippen molar-refractivity contribution in [3.63, 3.8) is 0 Å². The lowest BCUT2D eigenvalue weighted by Crippen LogP contribution is -2.41. The van der Waals surface area contributed by atoms with Gasteiger partial charge in [-0.05, 0) is 25.8 Å². The van der Waals surface area contributed by atoms with E-state index in [1.165, 1.54) is 0 Å². The second-order valence-corrected chi connectivity index (χ2v) is 7.00. The van der Waals surface area contributed by atoms with Crippen molar-refractivity contribution in [1.29, 1.82) is 0 Å². The molecule has 2 fully saturated rings. The number of rotatable bonds is 2. The Kier molecular flexibility index (Phi) is 3.51. The molecule has 0 bridgehead atoms. The third-order valence-electron chi connectivity index (χ3n) is 5.22. The summed E-state index contributed by atoms with van der Waals surface area (Å²) in [6, 6.07) is 3.87. The Labute approximate surface area is 141 Å². The topological polar surface area (TPSA) is 67.2 Å². The number of likely N-dealkylation sites (tertiary alicyclic amines) is 1. The smallest absolute Gasteiger partial charge is 0.222 e. The number of nitrogens with zero attached hydrogens (tertiary/aromatic N) is 6. The average molecular weight is 326 g/mol. The molecule has 4 rings (SSSR count). The van der Waals surface area contributed by atoms with Gasteiger partial charge in [-0.25, -0.2) is 14.6 Å². The molecule has 0 aliphatic carbocycles. The Bertz CT molecular complexity index is 748. The molecule has 0 aromatic carbocycles. The summed E-state index contributed by atoms with van der Waals surface area (Å²) in [7, 11) is 1.91. The van der Waals surface area contributed by atoms with Crippen molar-refractivity contribution < 1.29 is 4.79 Å². The zero-order valence-electron chi connectivity index (χ0n) is 14.1. The fourth-order valence-corrected chi connectivity index (χ4v) is 3.87. The minimum absolute atomic E-state index is 0.162. The number of amides is 1. The number of carbonyl (C=O) groups is 1. The lowest BCUT2D eigenvalue weighted by molar-refractivity contribution is -0.126. The molecule has 0 N–H and O–H groups in total. The van der Waals surface area contributed by atoms with Crippen LogP contribution in [0.4, 0.5) is 5.82 Å².